The number of H-pyrrole nitrogens is 1. The van der Waals surface area contributed by atoms with E-state index in [1.54, 1.807) is 0 Å². The average molecular weight is 275 g/mol. The molecule has 7 heteroatoms. The molecule has 0 saturated carbocycles. The predicted octanol–water partition coefficient (Wildman–Crippen LogP) is 1.35. The smallest absolute Gasteiger partial charge is 0.289 e. The lowest BCUT2D eigenvalue weighted by Gasteiger charge is -2.25. The van der Waals surface area contributed by atoms with Crippen LogP contribution in [0.25, 0.3) is 0 Å². The fourth-order valence-corrected chi connectivity index (χ4v) is 3.22. The zero-order valence-corrected chi connectivity index (χ0v) is 10.9. The Balaban J connectivity index is 1.79. The van der Waals surface area contributed by atoms with E-state index in [2.05, 4.69) is 26.6 Å². The highest BCUT2D eigenvalue weighted by Crippen LogP contribution is 2.35. The van der Waals surface area contributed by atoms with E-state index >= 15 is 0 Å². The summed E-state index contributed by atoms with van der Waals surface area (Å²) in [6, 6.07) is 8.12. The minimum absolute atomic E-state index is 0.0104. The van der Waals surface area contributed by atoms with Crippen LogP contribution in [0, 0.1) is 0 Å². The standard InChI is InChI=1S/C12H13N5OS/c13-12-15-10(16-17-12)11(18)14-8-5-6-19-9-4-2-1-3-7(8)9/h1-4,8H,5-6H2,(H,14,18)(H3,13,15,16,17). The van der Waals surface area contributed by atoms with Gasteiger partial charge in [0.1, 0.15) is 0 Å². The van der Waals surface area contributed by atoms with Gasteiger partial charge in [-0.2, -0.15) is 4.98 Å². The molecule has 1 aliphatic rings. The van der Waals surface area contributed by atoms with Crippen LogP contribution in [0.2, 0.25) is 0 Å². The molecule has 1 aliphatic heterocycles. The number of hydrogen-bond acceptors (Lipinski definition) is 5. The third-order valence-electron chi connectivity index (χ3n) is 2.98. The van der Waals surface area contributed by atoms with Crippen molar-refractivity contribution in [1.29, 1.82) is 0 Å². The van der Waals surface area contributed by atoms with E-state index in [9.17, 15) is 4.79 Å². The fraction of sp³-hybridized carbons (Fsp3) is 0.250. The van der Waals surface area contributed by atoms with Gasteiger partial charge in [-0.15, -0.1) is 16.9 Å². The molecular weight excluding hydrogens is 262 g/mol. The highest BCUT2D eigenvalue weighted by molar-refractivity contribution is 7.99. The zero-order chi connectivity index (χ0) is 13.2. The van der Waals surface area contributed by atoms with Gasteiger partial charge in [-0.25, -0.2) is 0 Å². The molecule has 0 saturated heterocycles. The summed E-state index contributed by atoms with van der Waals surface area (Å²) in [7, 11) is 0. The molecular formula is C12H13N5OS. The van der Waals surface area contributed by atoms with Crippen molar-refractivity contribution in [3.63, 3.8) is 0 Å². The molecule has 1 atom stereocenters. The van der Waals surface area contributed by atoms with Crippen molar-refractivity contribution >= 4 is 23.6 Å². The van der Waals surface area contributed by atoms with E-state index in [-0.39, 0.29) is 23.7 Å². The molecule has 1 aromatic heterocycles. The number of fused-ring (bicyclic) bond motifs is 1. The molecule has 1 unspecified atom stereocenters. The fourth-order valence-electron chi connectivity index (χ4n) is 2.09. The SMILES string of the molecule is Nc1n[nH]c(C(=O)NC2CCSc3ccccc32)n1. The summed E-state index contributed by atoms with van der Waals surface area (Å²) in [5, 5.41) is 9.13. The molecule has 98 valence electrons. The first-order valence-corrected chi connectivity index (χ1v) is 6.93. The van der Waals surface area contributed by atoms with Crippen molar-refractivity contribution in [1.82, 2.24) is 20.5 Å². The van der Waals surface area contributed by atoms with E-state index in [1.165, 1.54) is 4.90 Å². The topological polar surface area (TPSA) is 96.7 Å². The first-order chi connectivity index (χ1) is 9.24. The number of rotatable bonds is 2. The van der Waals surface area contributed by atoms with Gasteiger partial charge in [0.15, 0.2) is 0 Å². The van der Waals surface area contributed by atoms with E-state index < -0.39 is 0 Å². The first-order valence-electron chi connectivity index (χ1n) is 5.94. The maximum absolute atomic E-state index is 12.0. The molecule has 3 rings (SSSR count). The Bertz CT molecular complexity index is 612. The molecule has 0 fully saturated rings. The number of hydrogen-bond donors (Lipinski definition) is 3. The van der Waals surface area contributed by atoms with Crippen LogP contribution in [0.1, 0.15) is 28.6 Å². The van der Waals surface area contributed by atoms with Gasteiger partial charge in [-0.3, -0.25) is 9.89 Å². The monoisotopic (exact) mass is 275 g/mol. The highest BCUT2D eigenvalue weighted by Gasteiger charge is 2.23. The maximum Gasteiger partial charge on any atom is 0.289 e. The van der Waals surface area contributed by atoms with Crippen molar-refractivity contribution in [3.05, 3.63) is 35.7 Å². The lowest BCUT2D eigenvalue weighted by molar-refractivity contribution is 0.0925. The van der Waals surface area contributed by atoms with Crippen LogP contribution < -0.4 is 11.1 Å². The predicted molar refractivity (Wildman–Crippen MR) is 72.8 cm³/mol. The third kappa shape index (κ3) is 2.41. The Labute approximate surface area is 114 Å². The Morgan fingerprint density at radius 2 is 2.32 bits per heavy atom. The van der Waals surface area contributed by atoms with Crippen molar-refractivity contribution in [2.24, 2.45) is 0 Å². The van der Waals surface area contributed by atoms with Gasteiger partial charge in [0, 0.05) is 10.6 Å². The molecule has 0 bridgehead atoms. The van der Waals surface area contributed by atoms with Crippen molar-refractivity contribution < 1.29 is 4.79 Å². The Hall–Kier alpha value is -2.02. The number of benzene rings is 1. The largest absolute Gasteiger partial charge is 0.366 e. The van der Waals surface area contributed by atoms with Crippen LogP contribution in [0.5, 0.6) is 0 Å². The second kappa shape index (κ2) is 4.93. The van der Waals surface area contributed by atoms with Gasteiger partial charge in [0.2, 0.25) is 11.8 Å². The number of nitrogens with two attached hydrogens (primary N) is 1. The first kappa shape index (κ1) is 12.0. The number of nitrogens with zero attached hydrogens (tertiary/aromatic N) is 2. The van der Waals surface area contributed by atoms with Gasteiger partial charge in [0.25, 0.3) is 5.91 Å². The second-order valence-electron chi connectivity index (χ2n) is 4.24. The minimum Gasteiger partial charge on any atom is -0.366 e. The molecule has 1 aromatic carbocycles. The molecule has 19 heavy (non-hydrogen) atoms. The van der Waals surface area contributed by atoms with E-state index in [1.807, 2.05) is 30.0 Å². The number of nitrogens with one attached hydrogen (secondary N) is 2. The van der Waals surface area contributed by atoms with Gasteiger partial charge in [0.05, 0.1) is 6.04 Å². The summed E-state index contributed by atoms with van der Waals surface area (Å²) >= 11 is 1.81. The minimum atomic E-state index is -0.282. The third-order valence-corrected chi connectivity index (χ3v) is 4.10. The van der Waals surface area contributed by atoms with Gasteiger partial charge >= 0.3 is 0 Å². The van der Waals surface area contributed by atoms with Crippen LogP contribution >= 0.6 is 11.8 Å². The van der Waals surface area contributed by atoms with E-state index in [0.29, 0.717) is 0 Å². The van der Waals surface area contributed by atoms with Crippen molar-refractivity contribution in [2.75, 3.05) is 11.5 Å². The number of aromatic nitrogens is 3. The summed E-state index contributed by atoms with van der Waals surface area (Å²) in [4.78, 5) is 17.1. The molecule has 1 amide bonds. The number of carbonyl (C=O) groups excluding carboxylic acids is 1. The van der Waals surface area contributed by atoms with Gasteiger partial charge in [-0.05, 0) is 18.1 Å². The Morgan fingerprint density at radius 3 is 3.11 bits per heavy atom. The van der Waals surface area contributed by atoms with Crippen LogP contribution in [-0.4, -0.2) is 26.8 Å². The number of aromatic amines is 1. The normalized spacial score (nSPS) is 17.8. The quantitative estimate of drug-likeness (QED) is 0.768. The van der Waals surface area contributed by atoms with Gasteiger partial charge in [-0.1, -0.05) is 18.2 Å². The number of carbonyl (C=O) groups is 1. The van der Waals surface area contributed by atoms with E-state index in [0.717, 1.165) is 17.7 Å². The average Bonchev–Trinajstić information content (AvgIpc) is 2.86. The number of thioether (sulfide) groups is 1. The summed E-state index contributed by atoms with van der Waals surface area (Å²) < 4.78 is 0. The Morgan fingerprint density at radius 1 is 1.47 bits per heavy atom. The van der Waals surface area contributed by atoms with Crippen molar-refractivity contribution in [3.8, 4) is 0 Å². The van der Waals surface area contributed by atoms with Crippen LogP contribution in [-0.2, 0) is 0 Å². The van der Waals surface area contributed by atoms with Gasteiger partial charge < -0.3 is 11.1 Å². The number of nitrogen functional groups attached to an aromatic ring is 1. The molecule has 0 spiro atoms. The molecule has 0 radical (unpaired) electrons. The Kier molecular flexibility index (Phi) is 3.12. The second-order valence-corrected chi connectivity index (χ2v) is 5.38. The molecule has 2 aromatic rings. The molecule has 2 heterocycles. The maximum atomic E-state index is 12.0. The van der Waals surface area contributed by atoms with Crippen molar-refractivity contribution in [2.45, 2.75) is 17.4 Å². The molecule has 0 aliphatic carbocycles. The highest BCUT2D eigenvalue weighted by atomic mass is 32.2. The van der Waals surface area contributed by atoms with Crippen LogP contribution in [0.4, 0.5) is 5.95 Å². The lowest BCUT2D eigenvalue weighted by Crippen LogP contribution is -2.31. The number of anilines is 1. The zero-order valence-electron chi connectivity index (χ0n) is 10.1. The van der Waals surface area contributed by atoms with Crippen LogP contribution in [0.3, 0.4) is 0 Å². The lowest BCUT2D eigenvalue weighted by atomic mass is 10.0. The number of amides is 1. The summed E-state index contributed by atoms with van der Waals surface area (Å²) in [6.07, 6.45) is 0.900. The molecule has 6 nitrogen and oxygen atoms in total. The molecule has 4 N–H and O–H groups in total. The van der Waals surface area contributed by atoms with Crippen LogP contribution in [0.15, 0.2) is 29.2 Å². The van der Waals surface area contributed by atoms with E-state index in [4.69, 9.17) is 5.73 Å². The summed E-state index contributed by atoms with van der Waals surface area (Å²) in [6.45, 7) is 0. The summed E-state index contributed by atoms with van der Waals surface area (Å²) in [5.74, 6) is 0.925. The summed E-state index contributed by atoms with van der Waals surface area (Å²) in [5.41, 5.74) is 6.54.